The Balaban J connectivity index is 1.98. The molecule has 10 heteroatoms. The Bertz CT molecular complexity index is 1140. The van der Waals surface area contributed by atoms with E-state index in [0.717, 1.165) is 29.7 Å². The smallest absolute Gasteiger partial charge is 0.261 e. The Labute approximate surface area is 141 Å². The predicted molar refractivity (Wildman–Crippen MR) is 89.9 cm³/mol. The summed E-state index contributed by atoms with van der Waals surface area (Å²) in [7, 11) is -7.38. The van der Waals surface area contributed by atoms with Crippen LogP contribution < -0.4 is 4.72 Å². The molecule has 1 N–H and O–H groups in total. The lowest BCUT2D eigenvalue weighted by Crippen LogP contribution is -2.12. The number of sulfone groups is 1. The van der Waals surface area contributed by atoms with Gasteiger partial charge in [-0.3, -0.25) is 4.72 Å². The van der Waals surface area contributed by atoms with Crippen LogP contribution in [0.15, 0.2) is 51.7 Å². The highest BCUT2D eigenvalue weighted by Crippen LogP contribution is 2.28. The van der Waals surface area contributed by atoms with Crippen LogP contribution in [-0.4, -0.2) is 28.1 Å². The molecule has 2 aromatic carbocycles. The molecule has 126 valence electrons. The van der Waals surface area contributed by atoms with Crippen LogP contribution >= 0.6 is 11.3 Å². The quantitative estimate of drug-likeness (QED) is 0.744. The lowest BCUT2D eigenvalue weighted by molar-refractivity contribution is 0.595. The van der Waals surface area contributed by atoms with Gasteiger partial charge in [0.25, 0.3) is 10.0 Å². The topological polar surface area (TPSA) is 93.2 Å². The first-order valence-electron chi connectivity index (χ1n) is 6.54. The summed E-state index contributed by atoms with van der Waals surface area (Å²) < 4.78 is 63.6. The second-order valence-electron chi connectivity index (χ2n) is 5.00. The molecule has 1 heterocycles. The fourth-order valence-corrected chi connectivity index (χ4v) is 4.93. The lowest BCUT2D eigenvalue weighted by atomic mass is 10.3. The van der Waals surface area contributed by atoms with Gasteiger partial charge in [0, 0.05) is 6.26 Å². The van der Waals surface area contributed by atoms with Crippen LogP contribution in [0.25, 0.3) is 10.2 Å². The van der Waals surface area contributed by atoms with Crippen molar-refractivity contribution in [3.8, 4) is 0 Å². The molecule has 3 rings (SSSR count). The number of anilines is 1. The highest BCUT2D eigenvalue weighted by atomic mass is 32.2. The summed E-state index contributed by atoms with van der Waals surface area (Å²) in [6, 6.07) is 9.10. The number of rotatable bonds is 4. The van der Waals surface area contributed by atoms with Gasteiger partial charge in [-0.25, -0.2) is 26.2 Å². The van der Waals surface area contributed by atoms with Gasteiger partial charge in [-0.1, -0.05) is 6.07 Å². The summed E-state index contributed by atoms with van der Waals surface area (Å²) in [5, 5.41) is 0. The van der Waals surface area contributed by atoms with Crippen molar-refractivity contribution in [3.63, 3.8) is 0 Å². The fourth-order valence-electron chi connectivity index (χ4n) is 1.97. The molecule has 6 nitrogen and oxygen atoms in total. The molecular formula is C14H11FN2O4S3. The number of hydrogen-bond acceptors (Lipinski definition) is 6. The molecule has 0 radical (unpaired) electrons. The SMILES string of the molecule is CS(=O)(=O)c1nc2ccc(NS(=O)(=O)c3cccc(F)c3)cc2s1. The molecule has 0 fully saturated rings. The number of thiazole rings is 1. The zero-order valence-electron chi connectivity index (χ0n) is 12.2. The molecule has 0 aliphatic rings. The number of benzene rings is 2. The Morgan fingerprint density at radius 2 is 1.83 bits per heavy atom. The molecule has 0 amide bonds. The Kier molecular flexibility index (Phi) is 4.06. The van der Waals surface area contributed by atoms with Gasteiger partial charge in [-0.15, -0.1) is 11.3 Å². The Morgan fingerprint density at radius 3 is 2.50 bits per heavy atom. The molecule has 0 saturated carbocycles. The molecule has 0 aliphatic heterocycles. The van der Waals surface area contributed by atoms with Crippen LogP contribution in [0.2, 0.25) is 0 Å². The van der Waals surface area contributed by atoms with Crippen LogP contribution in [0.4, 0.5) is 10.1 Å². The van der Waals surface area contributed by atoms with E-state index in [2.05, 4.69) is 9.71 Å². The van der Waals surface area contributed by atoms with Crippen molar-refractivity contribution >= 4 is 47.1 Å². The van der Waals surface area contributed by atoms with Crippen LogP contribution in [0.3, 0.4) is 0 Å². The van der Waals surface area contributed by atoms with Crippen molar-refractivity contribution in [3.05, 3.63) is 48.3 Å². The van der Waals surface area contributed by atoms with E-state index in [-0.39, 0.29) is 14.9 Å². The molecule has 0 unspecified atom stereocenters. The zero-order valence-corrected chi connectivity index (χ0v) is 14.7. The van der Waals surface area contributed by atoms with Crippen molar-refractivity contribution in [2.45, 2.75) is 9.24 Å². The molecule has 3 aromatic rings. The normalized spacial score (nSPS) is 12.4. The average Bonchev–Trinajstić information content (AvgIpc) is 2.90. The molecule has 24 heavy (non-hydrogen) atoms. The molecule has 0 aliphatic carbocycles. The minimum atomic E-state index is -3.95. The summed E-state index contributed by atoms with van der Waals surface area (Å²) >= 11 is 0.949. The molecule has 0 spiro atoms. The van der Waals surface area contributed by atoms with E-state index in [1.54, 1.807) is 0 Å². The van der Waals surface area contributed by atoms with E-state index in [1.165, 1.54) is 30.3 Å². The first-order valence-corrected chi connectivity index (χ1v) is 10.7. The van der Waals surface area contributed by atoms with Gasteiger partial charge < -0.3 is 0 Å². The van der Waals surface area contributed by atoms with Gasteiger partial charge in [-0.05, 0) is 36.4 Å². The molecule has 1 aromatic heterocycles. The third kappa shape index (κ3) is 3.40. The van der Waals surface area contributed by atoms with Crippen molar-refractivity contribution < 1.29 is 21.2 Å². The van der Waals surface area contributed by atoms with E-state index in [0.29, 0.717) is 10.2 Å². The van der Waals surface area contributed by atoms with E-state index in [4.69, 9.17) is 0 Å². The highest BCUT2D eigenvalue weighted by Gasteiger charge is 2.17. The second-order valence-corrected chi connectivity index (χ2v) is 9.90. The summed E-state index contributed by atoms with van der Waals surface area (Å²) in [5.41, 5.74) is 0.685. The highest BCUT2D eigenvalue weighted by molar-refractivity contribution is 7.93. The number of fused-ring (bicyclic) bond motifs is 1. The summed E-state index contributed by atoms with van der Waals surface area (Å²) in [5.74, 6) is -0.659. The van der Waals surface area contributed by atoms with E-state index in [1.807, 2.05) is 0 Å². The molecule has 0 bridgehead atoms. The Hall–Kier alpha value is -2.04. The number of hydrogen-bond donors (Lipinski definition) is 1. The number of nitrogens with zero attached hydrogens (tertiary/aromatic N) is 1. The van der Waals surface area contributed by atoms with E-state index < -0.39 is 25.7 Å². The summed E-state index contributed by atoms with van der Waals surface area (Å²) in [6.07, 6.45) is 1.05. The number of nitrogens with one attached hydrogen (secondary N) is 1. The van der Waals surface area contributed by atoms with Crippen LogP contribution in [-0.2, 0) is 19.9 Å². The van der Waals surface area contributed by atoms with Gasteiger partial charge >= 0.3 is 0 Å². The van der Waals surface area contributed by atoms with Gasteiger partial charge in [0.15, 0.2) is 0 Å². The first kappa shape index (κ1) is 16.8. The summed E-state index contributed by atoms with van der Waals surface area (Å²) in [6.45, 7) is 0. The molecule has 0 atom stereocenters. The zero-order chi connectivity index (χ0) is 17.5. The third-order valence-corrected chi connectivity index (χ3v) is 7.12. The van der Waals surface area contributed by atoms with E-state index in [9.17, 15) is 21.2 Å². The second kappa shape index (κ2) is 5.80. The molecular weight excluding hydrogens is 375 g/mol. The summed E-state index contributed by atoms with van der Waals surface area (Å²) in [4.78, 5) is 3.79. The fraction of sp³-hybridized carbons (Fsp3) is 0.0714. The maximum Gasteiger partial charge on any atom is 0.261 e. The minimum absolute atomic E-state index is 0.0392. The van der Waals surface area contributed by atoms with E-state index >= 15 is 0 Å². The van der Waals surface area contributed by atoms with Crippen molar-refractivity contribution in [2.75, 3.05) is 11.0 Å². The van der Waals surface area contributed by atoms with Crippen molar-refractivity contribution in [2.24, 2.45) is 0 Å². The number of sulfonamides is 1. The van der Waals surface area contributed by atoms with Gasteiger partial charge in [0.1, 0.15) is 5.82 Å². The monoisotopic (exact) mass is 386 g/mol. The van der Waals surface area contributed by atoms with Crippen LogP contribution in [0.5, 0.6) is 0 Å². The predicted octanol–water partition coefficient (Wildman–Crippen LogP) is 2.64. The van der Waals surface area contributed by atoms with Crippen LogP contribution in [0.1, 0.15) is 0 Å². The maximum atomic E-state index is 13.2. The average molecular weight is 386 g/mol. The third-order valence-electron chi connectivity index (χ3n) is 3.04. The standard InChI is InChI=1S/C14H11FN2O4S3/c1-23(18,19)14-16-12-6-5-10(8-13(12)22-14)17-24(20,21)11-4-2-3-9(15)7-11/h2-8,17H,1H3. The van der Waals surface area contributed by atoms with Crippen molar-refractivity contribution in [1.29, 1.82) is 0 Å². The molecule has 0 saturated heterocycles. The largest absolute Gasteiger partial charge is 0.280 e. The lowest BCUT2D eigenvalue weighted by Gasteiger charge is -2.08. The van der Waals surface area contributed by atoms with Gasteiger partial charge in [0.05, 0.1) is 20.8 Å². The van der Waals surface area contributed by atoms with Gasteiger partial charge in [0.2, 0.25) is 14.2 Å². The van der Waals surface area contributed by atoms with Crippen LogP contribution in [0, 0.1) is 5.82 Å². The number of aromatic nitrogens is 1. The van der Waals surface area contributed by atoms with Crippen molar-refractivity contribution in [1.82, 2.24) is 4.98 Å². The minimum Gasteiger partial charge on any atom is -0.280 e. The van der Waals surface area contributed by atoms with Gasteiger partial charge in [-0.2, -0.15) is 0 Å². The number of halogens is 1. The maximum absolute atomic E-state index is 13.2. The Morgan fingerprint density at radius 1 is 1.08 bits per heavy atom. The first-order chi connectivity index (χ1) is 11.1.